The van der Waals surface area contributed by atoms with Gasteiger partial charge in [-0.2, -0.15) is 0 Å². The summed E-state index contributed by atoms with van der Waals surface area (Å²) < 4.78 is 32.5. The first-order chi connectivity index (χ1) is 14.2. The SMILES string of the molecule is Fc1ccc(/C=C(\c2ccc(F)cc2)c2nnc(CCc3ccccc3)o2)cc1. The summed E-state index contributed by atoms with van der Waals surface area (Å²) in [6, 6.07) is 22.2. The van der Waals surface area contributed by atoms with Gasteiger partial charge in [-0.05, 0) is 53.5 Å². The Bertz CT molecular complexity index is 1100. The van der Waals surface area contributed by atoms with E-state index in [1.165, 1.54) is 29.8 Å². The highest BCUT2D eigenvalue weighted by Crippen LogP contribution is 2.26. The highest BCUT2D eigenvalue weighted by Gasteiger charge is 2.14. The van der Waals surface area contributed by atoms with Crippen LogP contribution in [0.2, 0.25) is 0 Å². The average Bonchev–Trinajstić information content (AvgIpc) is 3.22. The summed E-state index contributed by atoms with van der Waals surface area (Å²) >= 11 is 0. The first-order valence-electron chi connectivity index (χ1n) is 9.27. The van der Waals surface area contributed by atoms with E-state index in [0.29, 0.717) is 23.8 Å². The molecule has 0 saturated heterocycles. The predicted octanol–water partition coefficient (Wildman–Crippen LogP) is 5.72. The molecule has 1 heterocycles. The molecule has 144 valence electrons. The molecule has 1 aromatic heterocycles. The molecular weight excluding hydrogens is 370 g/mol. The Morgan fingerprint density at radius 3 is 2.10 bits per heavy atom. The summed E-state index contributed by atoms with van der Waals surface area (Å²) in [4.78, 5) is 0. The van der Waals surface area contributed by atoms with E-state index in [9.17, 15) is 8.78 Å². The highest BCUT2D eigenvalue weighted by molar-refractivity contribution is 5.88. The molecule has 29 heavy (non-hydrogen) atoms. The molecule has 0 amide bonds. The lowest BCUT2D eigenvalue weighted by Crippen LogP contribution is -1.91. The minimum Gasteiger partial charge on any atom is -0.421 e. The Morgan fingerprint density at radius 1 is 0.759 bits per heavy atom. The fourth-order valence-corrected chi connectivity index (χ4v) is 2.98. The molecule has 0 aliphatic rings. The lowest BCUT2D eigenvalue weighted by Gasteiger charge is -2.04. The van der Waals surface area contributed by atoms with Crippen molar-refractivity contribution in [3.05, 3.63) is 119 Å². The molecule has 4 rings (SSSR count). The van der Waals surface area contributed by atoms with E-state index >= 15 is 0 Å². The maximum atomic E-state index is 13.4. The number of halogens is 2. The number of nitrogens with zero attached hydrogens (tertiary/aromatic N) is 2. The van der Waals surface area contributed by atoms with Gasteiger partial charge < -0.3 is 4.42 Å². The van der Waals surface area contributed by atoms with E-state index in [0.717, 1.165) is 17.5 Å². The maximum Gasteiger partial charge on any atom is 0.248 e. The maximum absolute atomic E-state index is 13.4. The Balaban J connectivity index is 1.63. The smallest absolute Gasteiger partial charge is 0.248 e. The standard InChI is InChI=1S/C24H18F2N2O/c25-20-11-6-18(7-12-20)16-22(19-9-13-21(26)14-10-19)24-28-27-23(29-24)15-8-17-4-2-1-3-5-17/h1-7,9-14,16H,8,15H2/b22-16+. The number of benzene rings is 3. The van der Waals surface area contributed by atoms with Gasteiger partial charge in [-0.3, -0.25) is 0 Å². The largest absolute Gasteiger partial charge is 0.421 e. The molecule has 0 atom stereocenters. The van der Waals surface area contributed by atoms with Gasteiger partial charge in [0.2, 0.25) is 11.8 Å². The first-order valence-corrected chi connectivity index (χ1v) is 9.27. The number of aryl methyl sites for hydroxylation is 2. The van der Waals surface area contributed by atoms with Crippen molar-refractivity contribution in [2.45, 2.75) is 12.8 Å². The molecule has 0 unspecified atom stereocenters. The van der Waals surface area contributed by atoms with Gasteiger partial charge >= 0.3 is 0 Å². The molecule has 0 aliphatic heterocycles. The van der Waals surface area contributed by atoms with Crippen molar-refractivity contribution >= 4 is 11.6 Å². The van der Waals surface area contributed by atoms with Gasteiger partial charge in [0.05, 0.1) is 0 Å². The summed E-state index contributed by atoms with van der Waals surface area (Å²) in [6.07, 6.45) is 3.22. The van der Waals surface area contributed by atoms with Crippen molar-refractivity contribution in [2.24, 2.45) is 0 Å². The summed E-state index contributed by atoms with van der Waals surface area (Å²) in [7, 11) is 0. The number of hydrogen-bond donors (Lipinski definition) is 0. The molecular formula is C24H18F2N2O. The van der Waals surface area contributed by atoms with Crippen LogP contribution >= 0.6 is 0 Å². The molecule has 0 spiro atoms. The van der Waals surface area contributed by atoms with Crippen LogP contribution in [0.1, 0.15) is 28.5 Å². The van der Waals surface area contributed by atoms with Crippen molar-refractivity contribution < 1.29 is 13.2 Å². The number of hydrogen-bond acceptors (Lipinski definition) is 3. The van der Waals surface area contributed by atoms with Crippen molar-refractivity contribution in [1.82, 2.24) is 10.2 Å². The van der Waals surface area contributed by atoms with Crippen LogP contribution in [0.5, 0.6) is 0 Å². The van der Waals surface area contributed by atoms with Crippen molar-refractivity contribution in [3.63, 3.8) is 0 Å². The van der Waals surface area contributed by atoms with E-state index in [2.05, 4.69) is 22.3 Å². The van der Waals surface area contributed by atoms with E-state index in [1.807, 2.05) is 24.3 Å². The molecule has 5 heteroatoms. The molecule has 4 aromatic rings. The Hall–Kier alpha value is -3.60. The summed E-state index contributed by atoms with van der Waals surface area (Å²) in [5, 5.41) is 8.35. The minimum absolute atomic E-state index is 0.313. The lowest BCUT2D eigenvalue weighted by molar-refractivity contribution is 0.482. The molecule has 0 radical (unpaired) electrons. The van der Waals surface area contributed by atoms with E-state index in [4.69, 9.17) is 4.42 Å². The lowest BCUT2D eigenvalue weighted by atomic mass is 10.0. The Kier molecular flexibility index (Phi) is 5.56. The third-order valence-electron chi connectivity index (χ3n) is 4.50. The van der Waals surface area contributed by atoms with Gasteiger partial charge in [-0.25, -0.2) is 8.78 Å². The van der Waals surface area contributed by atoms with E-state index in [-0.39, 0.29) is 11.6 Å². The van der Waals surface area contributed by atoms with Gasteiger partial charge in [0, 0.05) is 12.0 Å². The summed E-state index contributed by atoms with van der Waals surface area (Å²) in [5.41, 5.74) is 3.34. The average molecular weight is 388 g/mol. The van der Waals surface area contributed by atoms with Crippen LogP contribution in [0.15, 0.2) is 83.3 Å². The molecule has 3 nitrogen and oxygen atoms in total. The molecule has 0 N–H and O–H groups in total. The third-order valence-corrected chi connectivity index (χ3v) is 4.50. The second kappa shape index (κ2) is 8.61. The Morgan fingerprint density at radius 2 is 1.41 bits per heavy atom. The van der Waals surface area contributed by atoms with E-state index in [1.54, 1.807) is 24.3 Å². The minimum atomic E-state index is -0.330. The fourth-order valence-electron chi connectivity index (χ4n) is 2.98. The first kappa shape index (κ1) is 18.7. The monoisotopic (exact) mass is 388 g/mol. The zero-order chi connectivity index (χ0) is 20.1. The normalized spacial score (nSPS) is 11.6. The summed E-state index contributed by atoms with van der Waals surface area (Å²) in [6.45, 7) is 0. The topological polar surface area (TPSA) is 38.9 Å². The zero-order valence-corrected chi connectivity index (χ0v) is 15.6. The van der Waals surface area contributed by atoms with Crippen molar-refractivity contribution in [1.29, 1.82) is 0 Å². The number of rotatable bonds is 6. The van der Waals surface area contributed by atoms with Gasteiger partial charge in [-0.1, -0.05) is 54.6 Å². The molecule has 0 saturated carbocycles. The Labute approximate surface area is 167 Å². The molecule has 0 aliphatic carbocycles. The van der Waals surface area contributed by atoms with Gasteiger partial charge in [0.25, 0.3) is 0 Å². The van der Waals surface area contributed by atoms with Crippen LogP contribution in [0.3, 0.4) is 0 Å². The highest BCUT2D eigenvalue weighted by atomic mass is 19.1. The second-order valence-electron chi connectivity index (χ2n) is 6.60. The van der Waals surface area contributed by atoms with Gasteiger partial charge in [-0.15, -0.1) is 10.2 Å². The van der Waals surface area contributed by atoms with Crippen LogP contribution in [-0.4, -0.2) is 10.2 Å². The van der Waals surface area contributed by atoms with Crippen molar-refractivity contribution in [2.75, 3.05) is 0 Å². The second-order valence-corrected chi connectivity index (χ2v) is 6.60. The van der Waals surface area contributed by atoms with Crippen LogP contribution in [-0.2, 0) is 12.8 Å². The molecule has 0 fully saturated rings. The zero-order valence-electron chi connectivity index (χ0n) is 15.6. The van der Waals surface area contributed by atoms with Crippen molar-refractivity contribution in [3.8, 4) is 0 Å². The van der Waals surface area contributed by atoms with Crippen LogP contribution in [0.25, 0.3) is 11.6 Å². The quantitative estimate of drug-likeness (QED) is 0.397. The fraction of sp³-hybridized carbons (Fsp3) is 0.0833. The van der Waals surface area contributed by atoms with Crippen LogP contribution in [0.4, 0.5) is 8.78 Å². The number of aromatic nitrogens is 2. The van der Waals surface area contributed by atoms with Crippen LogP contribution in [0, 0.1) is 11.6 Å². The summed E-state index contributed by atoms with van der Waals surface area (Å²) in [5.74, 6) is 0.218. The van der Waals surface area contributed by atoms with Crippen LogP contribution < -0.4 is 0 Å². The van der Waals surface area contributed by atoms with E-state index < -0.39 is 0 Å². The van der Waals surface area contributed by atoms with Gasteiger partial charge in [0.15, 0.2) is 0 Å². The predicted molar refractivity (Wildman–Crippen MR) is 108 cm³/mol. The molecule has 3 aromatic carbocycles. The molecule has 0 bridgehead atoms. The van der Waals surface area contributed by atoms with Gasteiger partial charge in [0.1, 0.15) is 11.6 Å². The third kappa shape index (κ3) is 4.82.